The first-order valence-corrected chi connectivity index (χ1v) is 7.57. The second-order valence-corrected chi connectivity index (χ2v) is 5.92. The molecule has 6 heteroatoms. The van der Waals surface area contributed by atoms with Gasteiger partial charge in [-0.1, -0.05) is 19.1 Å². The van der Waals surface area contributed by atoms with Crippen LogP contribution in [0.3, 0.4) is 0 Å². The van der Waals surface area contributed by atoms with Crippen LogP contribution in [-0.4, -0.2) is 34.1 Å². The summed E-state index contributed by atoms with van der Waals surface area (Å²) in [5.41, 5.74) is 1.86. The van der Waals surface area contributed by atoms with E-state index in [9.17, 15) is 9.59 Å². The van der Waals surface area contributed by atoms with Gasteiger partial charge >= 0.3 is 0 Å². The fraction of sp³-hybridized carbons (Fsp3) is 0.438. The zero-order chi connectivity index (χ0) is 15.7. The van der Waals surface area contributed by atoms with E-state index in [2.05, 4.69) is 20.8 Å². The number of fused-ring (bicyclic) bond motifs is 1. The van der Waals surface area contributed by atoms with Gasteiger partial charge in [0.25, 0.3) is 5.91 Å². The molecule has 1 saturated heterocycles. The Kier molecular flexibility index (Phi) is 3.60. The van der Waals surface area contributed by atoms with Crippen molar-refractivity contribution in [2.75, 3.05) is 6.54 Å². The summed E-state index contributed by atoms with van der Waals surface area (Å²) in [6.07, 6.45) is 2.08. The van der Waals surface area contributed by atoms with Crippen molar-refractivity contribution in [3.63, 3.8) is 0 Å². The molecule has 1 fully saturated rings. The quantitative estimate of drug-likeness (QED) is 0.802. The molecule has 0 bridgehead atoms. The van der Waals surface area contributed by atoms with E-state index in [1.165, 1.54) is 0 Å². The molecule has 1 aromatic carbocycles. The summed E-state index contributed by atoms with van der Waals surface area (Å²) in [5.74, 6) is -0.104. The average molecular weight is 300 g/mol. The predicted molar refractivity (Wildman–Crippen MR) is 83.6 cm³/mol. The minimum Gasteiger partial charge on any atom is -0.350 e. The van der Waals surface area contributed by atoms with Crippen molar-refractivity contribution in [1.29, 1.82) is 0 Å². The lowest BCUT2D eigenvalue weighted by Gasteiger charge is -2.27. The lowest BCUT2D eigenvalue weighted by Crippen LogP contribution is -2.50. The fourth-order valence-corrected chi connectivity index (χ4v) is 2.99. The van der Waals surface area contributed by atoms with Crippen LogP contribution in [0, 0.1) is 6.92 Å². The molecule has 2 amide bonds. The standard InChI is InChI=1S/C16H20N4O2/c1-3-16(8-7-13(21)18-16)9-17-15(22)12-6-4-5-11-10(2)19-20-14(11)12/h4-6H,3,7-9H2,1-2H3,(H,17,22)(H,18,21)(H,19,20). The van der Waals surface area contributed by atoms with Crippen LogP contribution in [0.4, 0.5) is 0 Å². The zero-order valence-electron chi connectivity index (χ0n) is 12.8. The number of aromatic nitrogens is 2. The first-order valence-electron chi connectivity index (χ1n) is 7.57. The van der Waals surface area contributed by atoms with Gasteiger partial charge in [-0.3, -0.25) is 14.7 Å². The zero-order valence-corrected chi connectivity index (χ0v) is 12.8. The summed E-state index contributed by atoms with van der Waals surface area (Å²) in [7, 11) is 0. The number of aryl methyl sites for hydroxylation is 1. The second kappa shape index (κ2) is 5.44. The van der Waals surface area contributed by atoms with Crippen LogP contribution in [0.1, 0.15) is 42.2 Å². The summed E-state index contributed by atoms with van der Waals surface area (Å²) in [5, 5.41) is 14.0. The van der Waals surface area contributed by atoms with Crippen molar-refractivity contribution in [1.82, 2.24) is 20.8 Å². The van der Waals surface area contributed by atoms with Gasteiger partial charge in [-0.15, -0.1) is 0 Å². The minimum absolute atomic E-state index is 0.0566. The van der Waals surface area contributed by atoms with E-state index in [-0.39, 0.29) is 17.4 Å². The number of para-hydroxylation sites is 1. The number of nitrogens with zero attached hydrogens (tertiary/aromatic N) is 1. The van der Waals surface area contributed by atoms with E-state index < -0.39 is 0 Å². The van der Waals surface area contributed by atoms with Gasteiger partial charge in [-0.05, 0) is 25.8 Å². The highest BCUT2D eigenvalue weighted by molar-refractivity contribution is 6.06. The Morgan fingerprint density at radius 1 is 1.45 bits per heavy atom. The van der Waals surface area contributed by atoms with Gasteiger partial charge in [0.2, 0.25) is 5.91 Å². The Morgan fingerprint density at radius 3 is 2.95 bits per heavy atom. The molecule has 1 aromatic heterocycles. The molecule has 1 unspecified atom stereocenters. The van der Waals surface area contributed by atoms with Crippen molar-refractivity contribution < 1.29 is 9.59 Å². The molecule has 0 radical (unpaired) electrons. The normalized spacial score (nSPS) is 21.1. The summed E-state index contributed by atoms with van der Waals surface area (Å²) < 4.78 is 0. The number of benzene rings is 1. The molecule has 6 nitrogen and oxygen atoms in total. The van der Waals surface area contributed by atoms with Crippen LogP contribution in [0.25, 0.3) is 10.9 Å². The number of aromatic amines is 1. The third-order valence-corrected chi connectivity index (χ3v) is 4.52. The van der Waals surface area contributed by atoms with E-state index >= 15 is 0 Å². The average Bonchev–Trinajstić information content (AvgIpc) is 3.09. The number of nitrogens with one attached hydrogen (secondary N) is 3. The van der Waals surface area contributed by atoms with Crippen molar-refractivity contribution in [2.24, 2.45) is 0 Å². The number of rotatable bonds is 4. The Hall–Kier alpha value is -2.37. The maximum Gasteiger partial charge on any atom is 0.253 e. The minimum atomic E-state index is -0.317. The number of hydrogen-bond donors (Lipinski definition) is 3. The van der Waals surface area contributed by atoms with Gasteiger partial charge < -0.3 is 10.6 Å². The van der Waals surface area contributed by atoms with Crippen LogP contribution in [0.15, 0.2) is 18.2 Å². The first-order chi connectivity index (χ1) is 10.5. The molecule has 1 atom stereocenters. The SMILES string of the molecule is CCC1(CNC(=O)c2cccc3c(C)[nH]nc23)CCC(=O)N1. The fourth-order valence-electron chi connectivity index (χ4n) is 2.99. The predicted octanol–water partition coefficient (Wildman–Crippen LogP) is 1.66. The van der Waals surface area contributed by atoms with Gasteiger partial charge in [0, 0.05) is 24.0 Å². The van der Waals surface area contributed by atoms with E-state index in [0.717, 1.165) is 23.9 Å². The van der Waals surface area contributed by atoms with Crippen LogP contribution >= 0.6 is 0 Å². The summed E-state index contributed by atoms with van der Waals surface area (Å²) in [4.78, 5) is 24.0. The maximum absolute atomic E-state index is 12.5. The lowest BCUT2D eigenvalue weighted by atomic mass is 9.94. The molecule has 0 spiro atoms. The summed E-state index contributed by atoms with van der Waals surface area (Å²) in [6.45, 7) is 4.39. The van der Waals surface area contributed by atoms with Gasteiger partial charge in [-0.25, -0.2) is 0 Å². The molecule has 0 aliphatic carbocycles. The van der Waals surface area contributed by atoms with Gasteiger partial charge in [0.1, 0.15) is 5.52 Å². The monoisotopic (exact) mass is 300 g/mol. The molecule has 2 heterocycles. The van der Waals surface area contributed by atoms with Crippen molar-refractivity contribution in [2.45, 2.75) is 38.6 Å². The number of amides is 2. The lowest BCUT2D eigenvalue weighted by molar-refractivity contribution is -0.119. The van der Waals surface area contributed by atoms with Crippen molar-refractivity contribution in [3.8, 4) is 0 Å². The highest BCUT2D eigenvalue weighted by atomic mass is 16.2. The Bertz CT molecular complexity index is 737. The third-order valence-electron chi connectivity index (χ3n) is 4.52. The molecule has 3 rings (SSSR count). The molecule has 2 aromatic rings. The van der Waals surface area contributed by atoms with Crippen LogP contribution < -0.4 is 10.6 Å². The Balaban J connectivity index is 1.78. The third kappa shape index (κ3) is 2.45. The molecule has 22 heavy (non-hydrogen) atoms. The number of hydrogen-bond acceptors (Lipinski definition) is 3. The molecule has 116 valence electrons. The van der Waals surface area contributed by atoms with E-state index in [4.69, 9.17) is 0 Å². The van der Waals surface area contributed by atoms with Crippen molar-refractivity contribution in [3.05, 3.63) is 29.5 Å². The topological polar surface area (TPSA) is 86.9 Å². The number of H-pyrrole nitrogens is 1. The largest absolute Gasteiger partial charge is 0.350 e. The number of carbonyl (C=O) groups is 2. The molecule has 1 aliphatic heterocycles. The maximum atomic E-state index is 12.5. The molecular weight excluding hydrogens is 280 g/mol. The highest BCUT2D eigenvalue weighted by Gasteiger charge is 2.36. The molecule has 1 aliphatic rings. The Labute approximate surface area is 128 Å². The van der Waals surface area contributed by atoms with E-state index in [1.54, 1.807) is 6.07 Å². The smallest absolute Gasteiger partial charge is 0.253 e. The summed E-state index contributed by atoms with van der Waals surface area (Å²) in [6, 6.07) is 5.56. The first kappa shape index (κ1) is 14.6. The van der Waals surface area contributed by atoms with Crippen molar-refractivity contribution >= 4 is 22.7 Å². The van der Waals surface area contributed by atoms with Gasteiger partial charge in [0.05, 0.1) is 11.1 Å². The second-order valence-electron chi connectivity index (χ2n) is 5.92. The summed E-state index contributed by atoms with van der Waals surface area (Å²) >= 11 is 0. The van der Waals surface area contributed by atoms with E-state index in [1.807, 2.05) is 26.0 Å². The van der Waals surface area contributed by atoms with Crippen LogP contribution in [-0.2, 0) is 4.79 Å². The number of carbonyl (C=O) groups excluding carboxylic acids is 2. The van der Waals surface area contributed by atoms with Gasteiger partial charge in [0.15, 0.2) is 0 Å². The van der Waals surface area contributed by atoms with Crippen LogP contribution in [0.5, 0.6) is 0 Å². The van der Waals surface area contributed by atoms with Gasteiger partial charge in [-0.2, -0.15) is 5.10 Å². The van der Waals surface area contributed by atoms with Crippen LogP contribution in [0.2, 0.25) is 0 Å². The highest BCUT2D eigenvalue weighted by Crippen LogP contribution is 2.23. The molecule has 0 saturated carbocycles. The Morgan fingerprint density at radius 2 is 2.27 bits per heavy atom. The molecular formula is C16H20N4O2. The molecule has 3 N–H and O–H groups in total. The van der Waals surface area contributed by atoms with E-state index in [0.29, 0.717) is 24.0 Å².